The molecule has 23 heavy (non-hydrogen) atoms. The minimum absolute atomic E-state index is 0.0429. The number of carbonyl (C=O) groups excluding carboxylic acids is 2. The van der Waals surface area contributed by atoms with Gasteiger partial charge >= 0.3 is 5.97 Å². The van der Waals surface area contributed by atoms with E-state index in [9.17, 15) is 14.0 Å². The number of halogens is 1. The molecule has 0 aliphatic rings. The van der Waals surface area contributed by atoms with Crippen LogP contribution in [0.5, 0.6) is 0 Å². The molecule has 4 nitrogen and oxygen atoms in total. The molecule has 0 saturated carbocycles. The molecule has 3 aromatic rings. The lowest BCUT2D eigenvalue weighted by Crippen LogP contribution is -2.12. The van der Waals surface area contributed by atoms with Crippen LogP contribution < -0.4 is 0 Å². The Morgan fingerprint density at radius 3 is 2.57 bits per heavy atom. The van der Waals surface area contributed by atoms with Gasteiger partial charge in [-0.05, 0) is 25.1 Å². The van der Waals surface area contributed by atoms with E-state index in [1.54, 1.807) is 37.3 Å². The molecular formula is C18H14FNO3. The molecule has 1 N–H and O–H groups in total. The molecule has 1 aromatic heterocycles. The van der Waals surface area contributed by atoms with E-state index >= 15 is 0 Å². The lowest BCUT2D eigenvalue weighted by molar-refractivity contribution is 0.0518. The fraction of sp³-hybridized carbons (Fsp3) is 0.111. The van der Waals surface area contributed by atoms with E-state index in [0.717, 1.165) is 0 Å². The van der Waals surface area contributed by atoms with Crippen molar-refractivity contribution < 1.29 is 18.7 Å². The summed E-state index contributed by atoms with van der Waals surface area (Å²) in [7, 11) is 0. The molecule has 0 amide bonds. The van der Waals surface area contributed by atoms with Crippen LogP contribution in [-0.2, 0) is 4.74 Å². The minimum Gasteiger partial charge on any atom is -0.461 e. The largest absolute Gasteiger partial charge is 0.461 e. The Labute approximate surface area is 131 Å². The maximum atomic E-state index is 13.4. The van der Waals surface area contributed by atoms with Gasteiger partial charge in [-0.25, -0.2) is 9.18 Å². The number of fused-ring (bicyclic) bond motifs is 1. The minimum atomic E-state index is -0.636. The topological polar surface area (TPSA) is 59.2 Å². The zero-order valence-corrected chi connectivity index (χ0v) is 12.4. The average Bonchev–Trinajstić information content (AvgIpc) is 2.93. The first kappa shape index (κ1) is 15.0. The van der Waals surface area contributed by atoms with Crippen LogP contribution in [0.15, 0.2) is 48.5 Å². The molecule has 0 unspecified atom stereocenters. The first-order chi connectivity index (χ1) is 11.1. The van der Waals surface area contributed by atoms with Gasteiger partial charge < -0.3 is 9.72 Å². The molecule has 0 aliphatic heterocycles. The monoisotopic (exact) mass is 311 g/mol. The first-order valence-corrected chi connectivity index (χ1v) is 7.20. The SMILES string of the molecule is CCOC(=O)c1[nH]c2cc(F)ccc2c1C(=O)c1ccccc1. The normalized spacial score (nSPS) is 10.7. The Morgan fingerprint density at radius 2 is 1.87 bits per heavy atom. The highest BCUT2D eigenvalue weighted by Gasteiger charge is 2.25. The van der Waals surface area contributed by atoms with Crippen molar-refractivity contribution in [2.75, 3.05) is 6.61 Å². The van der Waals surface area contributed by atoms with Crippen LogP contribution in [0, 0.1) is 5.82 Å². The second kappa shape index (κ2) is 6.04. The van der Waals surface area contributed by atoms with Gasteiger partial charge in [0.15, 0.2) is 5.78 Å². The highest BCUT2D eigenvalue weighted by atomic mass is 19.1. The van der Waals surface area contributed by atoms with E-state index in [1.807, 2.05) is 0 Å². The molecular weight excluding hydrogens is 297 g/mol. The van der Waals surface area contributed by atoms with Crippen LogP contribution in [0.25, 0.3) is 10.9 Å². The van der Waals surface area contributed by atoms with Gasteiger partial charge in [-0.1, -0.05) is 30.3 Å². The Kier molecular flexibility index (Phi) is 3.93. The lowest BCUT2D eigenvalue weighted by Gasteiger charge is -2.04. The van der Waals surface area contributed by atoms with Gasteiger partial charge in [0.2, 0.25) is 0 Å². The number of aromatic nitrogens is 1. The van der Waals surface area contributed by atoms with Gasteiger partial charge in [0, 0.05) is 16.5 Å². The molecule has 0 saturated heterocycles. The van der Waals surface area contributed by atoms with E-state index in [-0.39, 0.29) is 23.6 Å². The molecule has 0 bridgehead atoms. The third-order valence-electron chi connectivity index (χ3n) is 3.50. The van der Waals surface area contributed by atoms with Crippen LogP contribution in [0.1, 0.15) is 33.3 Å². The van der Waals surface area contributed by atoms with Crippen molar-refractivity contribution in [3.63, 3.8) is 0 Å². The molecule has 3 rings (SSSR count). The van der Waals surface area contributed by atoms with Crippen LogP contribution in [-0.4, -0.2) is 23.3 Å². The van der Waals surface area contributed by atoms with Crippen molar-refractivity contribution in [1.82, 2.24) is 4.98 Å². The van der Waals surface area contributed by atoms with Gasteiger partial charge in [0.1, 0.15) is 11.5 Å². The lowest BCUT2D eigenvalue weighted by atomic mass is 10.00. The molecule has 1 heterocycles. The van der Waals surface area contributed by atoms with E-state index in [4.69, 9.17) is 4.74 Å². The molecule has 2 aromatic carbocycles. The summed E-state index contributed by atoms with van der Waals surface area (Å²) in [5.41, 5.74) is 1.07. The molecule has 0 atom stereocenters. The third kappa shape index (κ3) is 2.73. The molecule has 0 radical (unpaired) electrons. The first-order valence-electron chi connectivity index (χ1n) is 7.20. The summed E-state index contributed by atoms with van der Waals surface area (Å²) >= 11 is 0. The maximum Gasteiger partial charge on any atom is 0.355 e. The predicted octanol–water partition coefficient (Wildman–Crippen LogP) is 3.71. The maximum absolute atomic E-state index is 13.4. The fourth-order valence-corrected chi connectivity index (χ4v) is 2.50. The zero-order valence-electron chi connectivity index (χ0n) is 12.4. The van der Waals surface area contributed by atoms with E-state index in [2.05, 4.69) is 4.98 Å². The molecule has 116 valence electrons. The van der Waals surface area contributed by atoms with Crippen LogP contribution in [0.4, 0.5) is 4.39 Å². The number of H-pyrrole nitrogens is 1. The summed E-state index contributed by atoms with van der Waals surface area (Å²) < 4.78 is 18.4. The van der Waals surface area contributed by atoms with Crippen molar-refractivity contribution in [2.45, 2.75) is 6.92 Å². The predicted molar refractivity (Wildman–Crippen MR) is 84.1 cm³/mol. The molecule has 0 aliphatic carbocycles. The summed E-state index contributed by atoms with van der Waals surface area (Å²) in [5, 5.41) is 0.489. The smallest absolute Gasteiger partial charge is 0.355 e. The number of hydrogen-bond acceptors (Lipinski definition) is 3. The average molecular weight is 311 g/mol. The summed E-state index contributed by atoms with van der Waals surface area (Å²) in [6.45, 7) is 1.86. The van der Waals surface area contributed by atoms with Crippen molar-refractivity contribution in [3.8, 4) is 0 Å². The Bertz CT molecular complexity index is 884. The Morgan fingerprint density at radius 1 is 1.13 bits per heavy atom. The van der Waals surface area contributed by atoms with Gasteiger partial charge in [-0.15, -0.1) is 0 Å². The van der Waals surface area contributed by atoms with E-state index in [0.29, 0.717) is 16.5 Å². The summed E-state index contributed by atoms with van der Waals surface area (Å²) in [6, 6.07) is 12.6. The van der Waals surface area contributed by atoms with Gasteiger partial charge in [-0.2, -0.15) is 0 Å². The van der Waals surface area contributed by atoms with Crippen molar-refractivity contribution in [2.24, 2.45) is 0 Å². The second-order valence-corrected chi connectivity index (χ2v) is 4.98. The number of hydrogen-bond donors (Lipinski definition) is 1. The number of ether oxygens (including phenoxy) is 1. The molecule has 5 heteroatoms. The quantitative estimate of drug-likeness (QED) is 0.590. The zero-order chi connectivity index (χ0) is 16.4. The van der Waals surface area contributed by atoms with Crippen molar-refractivity contribution in [3.05, 3.63) is 71.2 Å². The molecule has 0 spiro atoms. The summed E-state index contributed by atoms with van der Waals surface area (Å²) in [5.74, 6) is -1.40. The number of nitrogens with one attached hydrogen (secondary N) is 1. The van der Waals surface area contributed by atoms with Crippen molar-refractivity contribution in [1.29, 1.82) is 0 Å². The third-order valence-corrected chi connectivity index (χ3v) is 3.50. The highest BCUT2D eigenvalue weighted by Crippen LogP contribution is 2.26. The highest BCUT2D eigenvalue weighted by molar-refractivity contribution is 6.21. The summed E-state index contributed by atoms with van der Waals surface area (Å²) in [6.07, 6.45) is 0. The van der Waals surface area contributed by atoms with Crippen LogP contribution in [0.2, 0.25) is 0 Å². The van der Waals surface area contributed by atoms with Crippen molar-refractivity contribution >= 4 is 22.7 Å². The standard InChI is InChI=1S/C18H14FNO3/c1-2-23-18(22)16-15(17(21)11-6-4-3-5-7-11)13-9-8-12(19)10-14(13)20-16/h3-10,20H,2H2,1H3. The number of carbonyl (C=O) groups is 2. The number of benzene rings is 2. The van der Waals surface area contributed by atoms with Crippen LogP contribution in [0.3, 0.4) is 0 Å². The van der Waals surface area contributed by atoms with Gasteiger partial charge in [-0.3, -0.25) is 4.79 Å². The van der Waals surface area contributed by atoms with Gasteiger partial charge in [0.25, 0.3) is 0 Å². The Balaban J connectivity index is 2.22. The van der Waals surface area contributed by atoms with E-state index in [1.165, 1.54) is 18.2 Å². The Hall–Kier alpha value is -2.95. The van der Waals surface area contributed by atoms with E-state index < -0.39 is 11.8 Å². The fourth-order valence-electron chi connectivity index (χ4n) is 2.50. The number of aromatic amines is 1. The van der Waals surface area contributed by atoms with Gasteiger partial charge in [0.05, 0.1) is 12.2 Å². The molecule has 0 fully saturated rings. The number of esters is 1. The van der Waals surface area contributed by atoms with Crippen LogP contribution >= 0.6 is 0 Å². The number of ketones is 1. The second-order valence-electron chi connectivity index (χ2n) is 4.98. The number of rotatable bonds is 4. The summed E-state index contributed by atoms with van der Waals surface area (Å²) in [4.78, 5) is 27.8.